The van der Waals surface area contributed by atoms with Crippen molar-refractivity contribution < 1.29 is 0 Å². The zero-order valence-corrected chi connectivity index (χ0v) is 20.8. The van der Waals surface area contributed by atoms with Gasteiger partial charge in [-0.2, -0.15) is 9.61 Å². The summed E-state index contributed by atoms with van der Waals surface area (Å²) < 4.78 is 1.96. The Labute approximate surface area is 199 Å². The molecule has 33 heavy (non-hydrogen) atoms. The van der Waals surface area contributed by atoms with Gasteiger partial charge in [0.15, 0.2) is 5.65 Å². The van der Waals surface area contributed by atoms with Crippen LogP contribution in [-0.4, -0.2) is 88.3 Å². The van der Waals surface area contributed by atoms with Crippen molar-refractivity contribution in [1.29, 1.82) is 0 Å². The van der Waals surface area contributed by atoms with Crippen LogP contribution in [0.3, 0.4) is 0 Å². The zero-order valence-electron chi connectivity index (χ0n) is 20.8. The maximum absolute atomic E-state index is 5.71. The first-order valence-electron chi connectivity index (χ1n) is 13.1. The molecule has 1 saturated carbocycles. The van der Waals surface area contributed by atoms with Crippen LogP contribution in [0.1, 0.15) is 64.5 Å². The summed E-state index contributed by atoms with van der Waals surface area (Å²) in [5, 5.41) is 12.2. The molecular formula is C25H44N8. The molecule has 0 aromatic carbocycles. The predicted molar refractivity (Wildman–Crippen MR) is 136 cm³/mol. The van der Waals surface area contributed by atoms with Crippen LogP contribution in [0.2, 0.25) is 0 Å². The molecule has 0 radical (unpaired) electrons. The van der Waals surface area contributed by atoms with Gasteiger partial charge < -0.3 is 16.4 Å². The summed E-state index contributed by atoms with van der Waals surface area (Å²) in [6.45, 7) is 14.3. The molecule has 1 aliphatic carbocycles. The fraction of sp³-hybridized carbons (Fsp3) is 0.760. The Kier molecular flexibility index (Phi) is 8.57. The third-order valence-corrected chi connectivity index (χ3v) is 7.75. The molecule has 2 fully saturated rings. The first kappa shape index (κ1) is 24.4. The standard InChI is InChI=1S/C25H44N8/c1-4-20(5-2)23-17-25(33-24(30-23)8-10-28-33)29-22-7-6-21(16-22)27-18-19(3)32-14-12-31(11-9-26)13-15-32/h8,10,17,19-22,27,29H,4-7,9,11-16,18,26H2,1-3H3/t19?,21-,22-/m0/s1. The van der Waals surface area contributed by atoms with Crippen molar-refractivity contribution >= 4 is 11.5 Å². The Hall–Kier alpha value is -1.74. The number of hydrogen-bond acceptors (Lipinski definition) is 7. The number of aromatic nitrogens is 3. The second-order valence-electron chi connectivity index (χ2n) is 9.96. The number of nitrogens with zero attached hydrogens (tertiary/aromatic N) is 5. The highest BCUT2D eigenvalue weighted by Gasteiger charge is 2.27. The highest BCUT2D eigenvalue weighted by molar-refractivity contribution is 5.50. The summed E-state index contributed by atoms with van der Waals surface area (Å²) in [7, 11) is 0. The van der Waals surface area contributed by atoms with Crippen molar-refractivity contribution in [3.63, 3.8) is 0 Å². The molecule has 1 aliphatic heterocycles. The Bertz CT molecular complexity index is 855. The minimum atomic E-state index is 0.474. The highest BCUT2D eigenvalue weighted by atomic mass is 15.3. The molecule has 3 heterocycles. The lowest BCUT2D eigenvalue weighted by molar-refractivity contribution is 0.102. The van der Waals surface area contributed by atoms with Gasteiger partial charge in [-0.15, -0.1) is 0 Å². The van der Waals surface area contributed by atoms with E-state index in [0.29, 0.717) is 24.0 Å². The summed E-state index contributed by atoms with van der Waals surface area (Å²) >= 11 is 0. The van der Waals surface area contributed by atoms with Gasteiger partial charge in [-0.3, -0.25) is 9.80 Å². The largest absolute Gasteiger partial charge is 0.367 e. The second-order valence-corrected chi connectivity index (χ2v) is 9.96. The fourth-order valence-corrected chi connectivity index (χ4v) is 5.54. The molecule has 3 atom stereocenters. The van der Waals surface area contributed by atoms with Crippen LogP contribution in [0, 0.1) is 0 Å². The molecule has 8 nitrogen and oxygen atoms in total. The molecule has 2 aromatic rings. The van der Waals surface area contributed by atoms with Crippen LogP contribution >= 0.6 is 0 Å². The topological polar surface area (TPSA) is 86.8 Å². The summed E-state index contributed by atoms with van der Waals surface area (Å²) in [4.78, 5) is 9.97. The average molecular weight is 457 g/mol. The maximum atomic E-state index is 5.71. The summed E-state index contributed by atoms with van der Waals surface area (Å²) in [6.07, 6.45) is 7.64. The van der Waals surface area contributed by atoms with Gasteiger partial charge in [-0.05, 0) is 39.0 Å². The van der Waals surface area contributed by atoms with Crippen molar-refractivity contribution in [3.05, 3.63) is 24.0 Å². The third kappa shape index (κ3) is 6.04. The third-order valence-electron chi connectivity index (χ3n) is 7.75. The molecule has 0 amide bonds. The van der Waals surface area contributed by atoms with E-state index in [2.05, 4.69) is 52.4 Å². The number of nitrogens with two attached hydrogens (primary N) is 1. The Morgan fingerprint density at radius 1 is 1.12 bits per heavy atom. The lowest BCUT2D eigenvalue weighted by Gasteiger charge is -2.38. The SMILES string of the molecule is CCC(CC)c1cc(N[C@H]2CC[C@H](NCC(C)N3CCN(CCN)CC3)C2)n2nccc2n1. The van der Waals surface area contributed by atoms with E-state index in [1.807, 2.05) is 16.8 Å². The molecule has 4 rings (SSSR count). The minimum Gasteiger partial charge on any atom is -0.367 e. The molecule has 184 valence electrons. The smallest absolute Gasteiger partial charge is 0.157 e. The minimum absolute atomic E-state index is 0.474. The van der Waals surface area contributed by atoms with Crippen LogP contribution in [0.15, 0.2) is 18.3 Å². The normalized spacial score (nSPS) is 23.5. The van der Waals surface area contributed by atoms with Gasteiger partial charge in [-0.25, -0.2) is 4.98 Å². The Morgan fingerprint density at radius 3 is 2.61 bits per heavy atom. The van der Waals surface area contributed by atoms with Gasteiger partial charge in [0.25, 0.3) is 0 Å². The molecule has 0 bridgehead atoms. The van der Waals surface area contributed by atoms with E-state index in [4.69, 9.17) is 10.7 Å². The fourth-order valence-electron chi connectivity index (χ4n) is 5.54. The summed E-state index contributed by atoms with van der Waals surface area (Å²) in [5.74, 6) is 1.59. The van der Waals surface area contributed by atoms with Gasteiger partial charge in [-0.1, -0.05) is 13.8 Å². The monoisotopic (exact) mass is 456 g/mol. The first-order valence-corrected chi connectivity index (χ1v) is 13.1. The summed E-state index contributed by atoms with van der Waals surface area (Å²) in [5.41, 5.74) is 7.83. The van der Waals surface area contributed by atoms with Gasteiger partial charge in [0, 0.05) is 87.7 Å². The van der Waals surface area contributed by atoms with Crippen LogP contribution in [0.4, 0.5) is 5.82 Å². The van der Waals surface area contributed by atoms with E-state index in [1.54, 1.807) is 0 Å². The van der Waals surface area contributed by atoms with Gasteiger partial charge >= 0.3 is 0 Å². The zero-order chi connectivity index (χ0) is 23.2. The van der Waals surface area contributed by atoms with E-state index in [0.717, 1.165) is 76.5 Å². The van der Waals surface area contributed by atoms with Crippen LogP contribution in [-0.2, 0) is 0 Å². The van der Waals surface area contributed by atoms with Gasteiger partial charge in [0.05, 0.1) is 6.20 Å². The molecular weight excluding hydrogens is 412 g/mol. The first-order chi connectivity index (χ1) is 16.1. The van der Waals surface area contributed by atoms with Crippen LogP contribution < -0.4 is 16.4 Å². The Balaban J connectivity index is 1.28. The number of fused-ring (bicyclic) bond motifs is 1. The van der Waals surface area contributed by atoms with Crippen molar-refractivity contribution in [3.8, 4) is 0 Å². The van der Waals surface area contributed by atoms with Crippen LogP contribution in [0.25, 0.3) is 5.65 Å². The second kappa shape index (κ2) is 11.6. The number of hydrogen-bond donors (Lipinski definition) is 3. The van der Waals surface area contributed by atoms with E-state index in [1.165, 1.54) is 18.5 Å². The van der Waals surface area contributed by atoms with Gasteiger partial charge in [0.1, 0.15) is 5.82 Å². The number of anilines is 1. The Morgan fingerprint density at radius 2 is 1.88 bits per heavy atom. The molecule has 1 saturated heterocycles. The number of nitrogens with one attached hydrogen (secondary N) is 2. The molecule has 2 aliphatic rings. The van der Waals surface area contributed by atoms with Crippen molar-refractivity contribution in [2.24, 2.45) is 5.73 Å². The highest BCUT2D eigenvalue weighted by Crippen LogP contribution is 2.27. The predicted octanol–water partition coefficient (Wildman–Crippen LogP) is 2.52. The molecule has 2 aromatic heterocycles. The van der Waals surface area contributed by atoms with Crippen molar-refractivity contribution in [1.82, 2.24) is 29.7 Å². The van der Waals surface area contributed by atoms with Crippen molar-refractivity contribution in [2.45, 2.75) is 76.9 Å². The molecule has 8 heteroatoms. The molecule has 0 spiro atoms. The van der Waals surface area contributed by atoms with E-state index in [9.17, 15) is 0 Å². The molecule has 1 unspecified atom stereocenters. The van der Waals surface area contributed by atoms with E-state index >= 15 is 0 Å². The lowest BCUT2D eigenvalue weighted by Crippen LogP contribution is -2.53. The van der Waals surface area contributed by atoms with Crippen LogP contribution in [0.5, 0.6) is 0 Å². The quantitative estimate of drug-likeness (QED) is 0.479. The maximum Gasteiger partial charge on any atom is 0.157 e. The van der Waals surface area contributed by atoms with Crippen molar-refractivity contribution in [2.75, 3.05) is 51.1 Å². The average Bonchev–Trinajstić information content (AvgIpc) is 3.49. The number of piperazine rings is 1. The molecule has 4 N–H and O–H groups in total. The van der Waals surface area contributed by atoms with E-state index < -0.39 is 0 Å². The van der Waals surface area contributed by atoms with E-state index in [-0.39, 0.29) is 0 Å². The summed E-state index contributed by atoms with van der Waals surface area (Å²) in [6, 6.07) is 5.86. The number of rotatable bonds is 11. The lowest BCUT2D eigenvalue weighted by atomic mass is 9.99. The van der Waals surface area contributed by atoms with Gasteiger partial charge in [0.2, 0.25) is 0 Å².